The summed E-state index contributed by atoms with van der Waals surface area (Å²) in [4.78, 5) is 33.8. The molecule has 2 fully saturated rings. The molecule has 6 nitrogen and oxygen atoms in total. The normalized spacial score (nSPS) is 21.4. The average Bonchev–Trinajstić information content (AvgIpc) is 3.22. The van der Waals surface area contributed by atoms with E-state index in [9.17, 15) is 9.59 Å². The number of H-pyrrole nitrogens is 1. The molecule has 0 radical (unpaired) electrons. The number of likely N-dealkylation sites (tertiary alicyclic amines) is 2. The molecule has 30 heavy (non-hydrogen) atoms. The Morgan fingerprint density at radius 2 is 1.87 bits per heavy atom. The summed E-state index contributed by atoms with van der Waals surface area (Å²) in [7, 11) is 2.06. The van der Waals surface area contributed by atoms with Crippen LogP contribution in [0.15, 0.2) is 60.8 Å². The van der Waals surface area contributed by atoms with Gasteiger partial charge < -0.3 is 20.1 Å². The smallest absolute Gasteiger partial charge is 0.250 e. The third kappa shape index (κ3) is 3.08. The number of rotatable bonds is 4. The second-order valence-corrected chi connectivity index (χ2v) is 8.46. The lowest BCUT2D eigenvalue weighted by molar-refractivity contribution is -0.167. The van der Waals surface area contributed by atoms with Crippen LogP contribution < -0.4 is 5.32 Å². The Hall–Kier alpha value is -3.12. The maximum Gasteiger partial charge on any atom is 0.250 e. The summed E-state index contributed by atoms with van der Waals surface area (Å²) in [5, 5.41) is 4.17. The number of benzene rings is 2. The molecule has 2 aliphatic heterocycles. The lowest BCUT2D eigenvalue weighted by atomic mass is 9.78. The number of nitrogens with zero attached hydrogens (tertiary/aromatic N) is 2. The molecule has 1 aromatic heterocycles. The van der Waals surface area contributed by atoms with Gasteiger partial charge in [0.25, 0.3) is 0 Å². The van der Waals surface area contributed by atoms with Crippen molar-refractivity contribution in [3.8, 4) is 0 Å². The predicted molar refractivity (Wildman–Crippen MR) is 117 cm³/mol. The average molecular weight is 402 g/mol. The van der Waals surface area contributed by atoms with Gasteiger partial charge in [-0.05, 0) is 49.7 Å². The monoisotopic (exact) mass is 402 g/mol. The van der Waals surface area contributed by atoms with Crippen LogP contribution in [-0.2, 0) is 9.59 Å². The van der Waals surface area contributed by atoms with E-state index < -0.39 is 5.54 Å². The summed E-state index contributed by atoms with van der Waals surface area (Å²) < 4.78 is 0. The van der Waals surface area contributed by atoms with Gasteiger partial charge in [0.2, 0.25) is 11.8 Å². The lowest BCUT2D eigenvalue weighted by Gasteiger charge is -2.54. The van der Waals surface area contributed by atoms with Crippen LogP contribution in [0.4, 0.5) is 5.69 Å². The molecule has 0 saturated carbocycles. The van der Waals surface area contributed by atoms with Crippen molar-refractivity contribution in [3.63, 3.8) is 0 Å². The van der Waals surface area contributed by atoms with E-state index in [-0.39, 0.29) is 17.9 Å². The molecule has 2 N–H and O–H groups in total. The molecule has 3 heterocycles. The molecule has 1 atom stereocenters. The molecule has 0 spiro atoms. The number of β-lactam (4-membered cyclic amide) rings is 1. The van der Waals surface area contributed by atoms with Crippen molar-refractivity contribution in [2.75, 3.05) is 25.5 Å². The van der Waals surface area contributed by atoms with Crippen molar-refractivity contribution in [1.29, 1.82) is 0 Å². The highest BCUT2D eigenvalue weighted by atomic mass is 16.2. The Balaban J connectivity index is 1.47. The largest absolute Gasteiger partial charge is 0.361 e. The number of fused-ring (bicyclic) bond motifs is 1. The molecule has 6 heteroatoms. The molecule has 2 amide bonds. The van der Waals surface area contributed by atoms with Gasteiger partial charge in [-0.3, -0.25) is 9.59 Å². The van der Waals surface area contributed by atoms with E-state index in [0.717, 1.165) is 35.2 Å². The summed E-state index contributed by atoms with van der Waals surface area (Å²) >= 11 is 0. The fourth-order valence-electron chi connectivity index (χ4n) is 4.84. The number of piperidine rings is 1. The van der Waals surface area contributed by atoms with Crippen LogP contribution in [0.25, 0.3) is 10.9 Å². The van der Waals surface area contributed by atoms with E-state index in [1.165, 1.54) is 0 Å². The number of aromatic nitrogens is 1. The number of nitrogens with one attached hydrogen (secondary N) is 2. The first kappa shape index (κ1) is 18.9. The molecule has 154 valence electrons. The number of carbonyl (C=O) groups is 2. The molecular weight excluding hydrogens is 376 g/mol. The number of anilines is 1. The maximum atomic E-state index is 13.7. The Kier molecular flexibility index (Phi) is 4.59. The van der Waals surface area contributed by atoms with Crippen LogP contribution >= 0.6 is 0 Å². The minimum Gasteiger partial charge on any atom is -0.361 e. The quantitative estimate of drug-likeness (QED) is 0.656. The lowest BCUT2D eigenvalue weighted by Crippen LogP contribution is -2.68. The third-order valence-electron chi connectivity index (χ3n) is 6.64. The van der Waals surface area contributed by atoms with Gasteiger partial charge in [-0.15, -0.1) is 0 Å². The van der Waals surface area contributed by atoms with E-state index in [1.807, 2.05) is 65.7 Å². The highest BCUT2D eigenvalue weighted by molar-refractivity contribution is 6.03. The summed E-state index contributed by atoms with van der Waals surface area (Å²) in [6, 6.07) is 17.8. The van der Waals surface area contributed by atoms with Crippen LogP contribution in [0.1, 0.15) is 30.9 Å². The van der Waals surface area contributed by atoms with E-state index in [4.69, 9.17) is 0 Å². The minimum atomic E-state index is -0.824. The molecule has 0 aliphatic carbocycles. The number of carbonyl (C=O) groups excluding carboxylic acids is 2. The Morgan fingerprint density at radius 1 is 1.10 bits per heavy atom. The second kappa shape index (κ2) is 7.29. The fraction of sp³-hybridized carbons (Fsp3) is 0.333. The maximum absolute atomic E-state index is 13.7. The number of hydrogen-bond acceptors (Lipinski definition) is 3. The minimum absolute atomic E-state index is 0.0417. The Bertz CT molecular complexity index is 1080. The van der Waals surface area contributed by atoms with Gasteiger partial charge >= 0.3 is 0 Å². The van der Waals surface area contributed by atoms with Crippen LogP contribution in [0, 0.1) is 0 Å². The van der Waals surface area contributed by atoms with Crippen molar-refractivity contribution >= 4 is 28.4 Å². The van der Waals surface area contributed by atoms with Crippen molar-refractivity contribution in [3.05, 3.63) is 66.4 Å². The fourth-order valence-corrected chi connectivity index (χ4v) is 4.84. The summed E-state index contributed by atoms with van der Waals surface area (Å²) in [5.74, 6) is -0.0240. The standard InChI is InChI=1S/C24H26N4O2/c1-27-13-10-24(11-14-27,28-21(16-22(28)29)17-5-3-2-4-6-17)23(30)26-19-7-8-20-18(15-19)9-12-25-20/h2-9,12,15,21,25H,10-11,13-14,16H2,1H3,(H,26,30)/t21-/m1/s1. The van der Waals surface area contributed by atoms with Crippen molar-refractivity contribution in [2.24, 2.45) is 0 Å². The van der Waals surface area contributed by atoms with Crippen molar-refractivity contribution < 1.29 is 9.59 Å². The van der Waals surface area contributed by atoms with Gasteiger partial charge in [-0.25, -0.2) is 0 Å². The van der Waals surface area contributed by atoms with Gasteiger partial charge in [0.1, 0.15) is 5.54 Å². The van der Waals surface area contributed by atoms with Gasteiger partial charge in [0, 0.05) is 35.9 Å². The van der Waals surface area contributed by atoms with E-state index in [2.05, 4.69) is 22.2 Å². The Morgan fingerprint density at radius 3 is 2.60 bits per heavy atom. The molecule has 2 aliphatic rings. The summed E-state index contributed by atoms with van der Waals surface area (Å²) in [6.45, 7) is 1.57. The number of hydrogen-bond donors (Lipinski definition) is 2. The molecule has 3 aromatic rings. The van der Waals surface area contributed by atoms with Crippen LogP contribution in [0.5, 0.6) is 0 Å². The first-order valence-corrected chi connectivity index (χ1v) is 10.5. The van der Waals surface area contributed by atoms with E-state index >= 15 is 0 Å². The number of aromatic amines is 1. The van der Waals surface area contributed by atoms with Crippen molar-refractivity contribution in [2.45, 2.75) is 30.8 Å². The first-order chi connectivity index (χ1) is 14.6. The van der Waals surface area contributed by atoms with Crippen LogP contribution in [0.3, 0.4) is 0 Å². The van der Waals surface area contributed by atoms with Gasteiger partial charge in [-0.2, -0.15) is 0 Å². The second-order valence-electron chi connectivity index (χ2n) is 8.46. The summed E-state index contributed by atoms with van der Waals surface area (Å²) in [5.41, 5.74) is 2.06. The third-order valence-corrected chi connectivity index (χ3v) is 6.64. The molecule has 0 unspecified atom stereocenters. The SMILES string of the molecule is CN1CCC(C(=O)Nc2ccc3[nH]ccc3c2)(N2C(=O)C[C@@H]2c2ccccc2)CC1. The zero-order valence-corrected chi connectivity index (χ0v) is 17.1. The molecule has 2 saturated heterocycles. The molecular formula is C24H26N4O2. The van der Waals surface area contributed by atoms with Crippen LogP contribution in [-0.4, -0.2) is 52.3 Å². The highest BCUT2D eigenvalue weighted by Crippen LogP contribution is 2.45. The predicted octanol–water partition coefficient (Wildman–Crippen LogP) is 3.54. The van der Waals surface area contributed by atoms with Crippen LogP contribution in [0.2, 0.25) is 0 Å². The number of amides is 2. The van der Waals surface area contributed by atoms with Gasteiger partial charge in [0.15, 0.2) is 0 Å². The topological polar surface area (TPSA) is 68.4 Å². The van der Waals surface area contributed by atoms with Gasteiger partial charge in [-0.1, -0.05) is 30.3 Å². The summed E-state index contributed by atoms with van der Waals surface area (Å²) in [6.07, 6.45) is 3.62. The molecule has 0 bridgehead atoms. The zero-order valence-electron chi connectivity index (χ0n) is 17.1. The highest BCUT2D eigenvalue weighted by Gasteiger charge is 2.55. The molecule has 5 rings (SSSR count). The van der Waals surface area contributed by atoms with E-state index in [0.29, 0.717) is 19.3 Å². The Labute approximate surface area is 175 Å². The molecule has 2 aromatic carbocycles. The van der Waals surface area contributed by atoms with Crippen molar-refractivity contribution in [1.82, 2.24) is 14.8 Å². The van der Waals surface area contributed by atoms with E-state index in [1.54, 1.807) is 0 Å². The zero-order chi connectivity index (χ0) is 20.7. The van der Waals surface area contributed by atoms with Gasteiger partial charge in [0.05, 0.1) is 12.5 Å². The first-order valence-electron chi connectivity index (χ1n) is 10.5.